The number of nitrogens with one attached hydrogen (secondary N) is 1. The van der Waals surface area contributed by atoms with E-state index in [1.165, 1.54) is 11.0 Å². The minimum Gasteiger partial charge on any atom is -0.492 e. The van der Waals surface area contributed by atoms with Crippen molar-refractivity contribution < 1.29 is 14.3 Å². The third kappa shape index (κ3) is 3.64. The molecule has 9 nitrogen and oxygen atoms in total. The van der Waals surface area contributed by atoms with Gasteiger partial charge >= 0.3 is 6.03 Å². The van der Waals surface area contributed by atoms with Crippen molar-refractivity contribution in [1.29, 1.82) is 0 Å². The molecule has 3 aromatic rings. The second-order valence-electron chi connectivity index (χ2n) is 6.62. The number of hydrogen-bond acceptors (Lipinski definition) is 6. The highest BCUT2D eigenvalue weighted by atomic mass is 35.5. The quantitative estimate of drug-likeness (QED) is 0.622. The average molecular weight is 413 g/mol. The van der Waals surface area contributed by atoms with Gasteiger partial charge in [-0.3, -0.25) is 9.69 Å². The molecule has 10 heteroatoms. The number of rotatable bonds is 6. The molecule has 0 spiro atoms. The summed E-state index contributed by atoms with van der Waals surface area (Å²) >= 11 is 5.93. The summed E-state index contributed by atoms with van der Waals surface area (Å²) in [5, 5.41) is 14.4. The molecule has 2 aromatic carbocycles. The number of carbonyl (C=O) groups is 2. The molecule has 3 amide bonds. The molecule has 1 fully saturated rings. The van der Waals surface area contributed by atoms with Crippen LogP contribution in [0, 0.1) is 0 Å². The van der Waals surface area contributed by atoms with E-state index in [0.717, 1.165) is 4.90 Å². The van der Waals surface area contributed by atoms with E-state index >= 15 is 0 Å². The van der Waals surface area contributed by atoms with Crippen molar-refractivity contribution in [3.8, 4) is 11.4 Å². The molecule has 0 bridgehead atoms. The zero-order valence-corrected chi connectivity index (χ0v) is 16.2. The first-order valence-electron chi connectivity index (χ1n) is 8.84. The van der Waals surface area contributed by atoms with E-state index in [2.05, 4.69) is 20.8 Å². The van der Waals surface area contributed by atoms with Crippen LogP contribution < -0.4 is 10.1 Å². The van der Waals surface area contributed by atoms with E-state index in [1.54, 1.807) is 55.5 Å². The van der Waals surface area contributed by atoms with Crippen molar-refractivity contribution in [1.82, 2.24) is 30.4 Å². The van der Waals surface area contributed by atoms with Crippen LogP contribution in [-0.2, 0) is 10.3 Å². The van der Waals surface area contributed by atoms with Crippen molar-refractivity contribution >= 4 is 23.5 Å². The van der Waals surface area contributed by atoms with Crippen LogP contribution in [0.5, 0.6) is 5.75 Å². The molecule has 1 aliphatic heterocycles. The molecular formula is C19H17ClN6O3. The summed E-state index contributed by atoms with van der Waals surface area (Å²) in [5.74, 6) is 0.215. The number of amides is 3. The Bertz CT molecular complexity index is 1060. The van der Waals surface area contributed by atoms with Gasteiger partial charge in [0.2, 0.25) is 0 Å². The number of benzene rings is 2. The van der Waals surface area contributed by atoms with Crippen molar-refractivity contribution in [3.05, 3.63) is 65.4 Å². The van der Waals surface area contributed by atoms with Gasteiger partial charge in [0.1, 0.15) is 24.2 Å². The molecule has 29 heavy (non-hydrogen) atoms. The number of nitrogens with zero attached hydrogens (tertiary/aromatic N) is 5. The maximum Gasteiger partial charge on any atom is 0.325 e. The summed E-state index contributed by atoms with van der Waals surface area (Å²) in [6.45, 7) is 1.93. The number of aromatic nitrogens is 4. The van der Waals surface area contributed by atoms with E-state index < -0.39 is 11.6 Å². The molecular weight excluding hydrogens is 396 g/mol. The number of tetrazole rings is 1. The summed E-state index contributed by atoms with van der Waals surface area (Å²) in [6, 6.07) is 13.6. The normalized spacial score (nSPS) is 18.8. The Hall–Kier alpha value is -3.46. The van der Waals surface area contributed by atoms with Crippen LogP contribution in [0.3, 0.4) is 0 Å². The molecule has 2 heterocycles. The molecule has 0 radical (unpaired) electrons. The molecule has 0 saturated carbocycles. The highest BCUT2D eigenvalue weighted by Crippen LogP contribution is 2.30. The Morgan fingerprint density at radius 3 is 2.76 bits per heavy atom. The predicted octanol–water partition coefficient (Wildman–Crippen LogP) is 2.16. The lowest BCUT2D eigenvalue weighted by atomic mass is 9.91. The molecule has 1 N–H and O–H groups in total. The van der Waals surface area contributed by atoms with Gasteiger partial charge in [-0.05, 0) is 53.2 Å². The van der Waals surface area contributed by atoms with E-state index in [1.807, 2.05) is 0 Å². The highest BCUT2D eigenvalue weighted by molar-refractivity contribution is 6.30. The van der Waals surface area contributed by atoms with Gasteiger partial charge in [0.05, 0.1) is 12.2 Å². The Morgan fingerprint density at radius 1 is 1.17 bits per heavy atom. The maximum absolute atomic E-state index is 13.1. The number of halogens is 1. The van der Waals surface area contributed by atoms with E-state index in [0.29, 0.717) is 22.0 Å². The molecule has 1 aliphatic rings. The van der Waals surface area contributed by atoms with Gasteiger partial charge in [-0.25, -0.2) is 9.48 Å². The van der Waals surface area contributed by atoms with Crippen LogP contribution in [0.25, 0.3) is 5.69 Å². The SMILES string of the molecule is C[C@]1(c2cccc(-n3cnnn3)c2)NC(=O)N(CCOc2cccc(Cl)c2)C1=O. The predicted molar refractivity (Wildman–Crippen MR) is 104 cm³/mol. The fraction of sp³-hybridized carbons (Fsp3) is 0.211. The molecule has 1 aromatic heterocycles. The summed E-state index contributed by atoms with van der Waals surface area (Å²) in [6.07, 6.45) is 1.45. The lowest BCUT2D eigenvalue weighted by Crippen LogP contribution is -2.41. The minimum atomic E-state index is -1.20. The summed E-state index contributed by atoms with van der Waals surface area (Å²) in [5.41, 5.74) is 0.109. The zero-order valence-electron chi connectivity index (χ0n) is 15.4. The van der Waals surface area contributed by atoms with Crippen molar-refractivity contribution in [2.45, 2.75) is 12.5 Å². The first-order chi connectivity index (χ1) is 14.0. The molecule has 0 aliphatic carbocycles. The van der Waals surface area contributed by atoms with Crippen LogP contribution in [0.1, 0.15) is 12.5 Å². The fourth-order valence-electron chi connectivity index (χ4n) is 3.15. The monoisotopic (exact) mass is 412 g/mol. The Balaban J connectivity index is 1.49. The molecule has 1 saturated heterocycles. The first kappa shape index (κ1) is 18.9. The van der Waals surface area contributed by atoms with E-state index in [-0.39, 0.29) is 19.1 Å². The number of imide groups is 1. The second kappa shape index (κ2) is 7.51. The van der Waals surface area contributed by atoms with Crippen LogP contribution in [0.2, 0.25) is 5.02 Å². The topological polar surface area (TPSA) is 102 Å². The van der Waals surface area contributed by atoms with Crippen molar-refractivity contribution in [2.24, 2.45) is 0 Å². The fourth-order valence-corrected chi connectivity index (χ4v) is 3.33. The average Bonchev–Trinajstić information content (AvgIpc) is 3.32. The summed E-state index contributed by atoms with van der Waals surface area (Å²) in [4.78, 5) is 26.7. The third-order valence-electron chi connectivity index (χ3n) is 4.69. The Morgan fingerprint density at radius 2 is 2.00 bits per heavy atom. The summed E-state index contributed by atoms with van der Waals surface area (Å²) in [7, 11) is 0. The van der Waals surface area contributed by atoms with Crippen molar-refractivity contribution in [2.75, 3.05) is 13.2 Å². The van der Waals surface area contributed by atoms with Gasteiger partial charge in [0, 0.05) is 5.02 Å². The maximum atomic E-state index is 13.1. The van der Waals surface area contributed by atoms with Gasteiger partial charge in [0.25, 0.3) is 5.91 Å². The van der Waals surface area contributed by atoms with Crippen LogP contribution >= 0.6 is 11.6 Å². The zero-order chi connectivity index (χ0) is 20.4. The number of hydrogen-bond donors (Lipinski definition) is 1. The van der Waals surface area contributed by atoms with Crippen LogP contribution in [0.15, 0.2) is 54.9 Å². The van der Waals surface area contributed by atoms with E-state index in [4.69, 9.17) is 16.3 Å². The van der Waals surface area contributed by atoms with Crippen LogP contribution in [0.4, 0.5) is 4.79 Å². The standard InChI is InChI=1S/C19H17ClN6O3/c1-19(13-4-2-6-15(10-13)26-12-21-23-24-26)17(27)25(18(28)22-19)8-9-29-16-7-3-5-14(20)11-16/h2-7,10-12H,8-9H2,1H3,(H,22,28)/t19-/m1/s1. The minimum absolute atomic E-state index is 0.111. The number of ether oxygens (including phenoxy) is 1. The number of carbonyl (C=O) groups excluding carboxylic acids is 2. The molecule has 148 valence electrons. The second-order valence-corrected chi connectivity index (χ2v) is 7.06. The van der Waals surface area contributed by atoms with Gasteiger partial charge in [0.15, 0.2) is 0 Å². The largest absolute Gasteiger partial charge is 0.492 e. The lowest BCUT2D eigenvalue weighted by Gasteiger charge is -2.22. The van der Waals surface area contributed by atoms with Crippen molar-refractivity contribution in [3.63, 3.8) is 0 Å². The van der Waals surface area contributed by atoms with Gasteiger partial charge in [-0.15, -0.1) is 5.10 Å². The molecule has 0 unspecified atom stereocenters. The van der Waals surface area contributed by atoms with Gasteiger partial charge in [-0.2, -0.15) is 0 Å². The smallest absolute Gasteiger partial charge is 0.325 e. The lowest BCUT2D eigenvalue weighted by molar-refractivity contribution is -0.131. The highest BCUT2D eigenvalue weighted by Gasteiger charge is 2.48. The van der Waals surface area contributed by atoms with Gasteiger partial charge in [-0.1, -0.05) is 29.8 Å². The van der Waals surface area contributed by atoms with Gasteiger partial charge < -0.3 is 10.1 Å². The first-order valence-corrected chi connectivity index (χ1v) is 9.21. The molecule has 4 rings (SSSR count). The third-order valence-corrected chi connectivity index (χ3v) is 4.93. The summed E-state index contributed by atoms with van der Waals surface area (Å²) < 4.78 is 7.08. The Kier molecular flexibility index (Phi) is 4.89. The number of urea groups is 1. The molecule has 1 atom stereocenters. The van der Waals surface area contributed by atoms with E-state index in [9.17, 15) is 9.59 Å². The van der Waals surface area contributed by atoms with Crippen LogP contribution in [-0.4, -0.2) is 50.2 Å². The Labute approximate surface area is 171 Å².